The van der Waals surface area contributed by atoms with Crippen LogP contribution < -0.4 is 5.32 Å². The molecule has 86 valence electrons. The van der Waals surface area contributed by atoms with Gasteiger partial charge < -0.3 is 10.2 Å². The van der Waals surface area contributed by atoms with Crippen LogP contribution in [0.15, 0.2) is 0 Å². The Hall–Kier alpha value is -0.290. The molecule has 0 aliphatic carbocycles. The summed E-state index contributed by atoms with van der Waals surface area (Å²) in [4.78, 5) is 1.97. The average Bonchev–Trinajstić information content (AvgIpc) is 1.99. The molecule has 1 atom stereocenters. The molecule has 0 bridgehead atoms. The van der Waals surface area contributed by atoms with Gasteiger partial charge in [-0.2, -0.15) is 13.2 Å². The largest absolute Gasteiger partial charge is 0.389 e. The third kappa shape index (κ3) is 8.31. The lowest BCUT2D eigenvalue weighted by Crippen LogP contribution is -2.36. The molecule has 0 heterocycles. The molecule has 5 heteroatoms. The molecule has 2 nitrogen and oxygen atoms in total. The van der Waals surface area contributed by atoms with Crippen molar-refractivity contribution in [3.05, 3.63) is 0 Å². The zero-order chi connectivity index (χ0) is 11.2. The molecule has 0 saturated carbocycles. The van der Waals surface area contributed by atoms with Gasteiger partial charge in [-0.25, -0.2) is 0 Å². The van der Waals surface area contributed by atoms with E-state index < -0.39 is 12.6 Å². The van der Waals surface area contributed by atoms with Crippen LogP contribution in [-0.2, 0) is 0 Å². The second-order valence-electron chi connectivity index (χ2n) is 3.76. The van der Waals surface area contributed by atoms with E-state index in [9.17, 15) is 13.2 Å². The molecule has 0 fully saturated rings. The predicted molar refractivity (Wildman–Crippen MR) is 51.3 cm³/mol. The topological polar surface area (TPSA) is 15.3 Å². The summed E-state index contributed by atoms with van der Waals surface area (Å²) in [6.07, 6.45) is -3.94. The van der Waals surface area contributed by atoms with Crippen molar-refractivity contribution in [2.75, 3.05) is 27.7 Å². The fraction of sp³-hybridized carbons (Fsp3) is 1.00. The minimum atomic E-state index is -4.02. The predicted octanol–water partition coefficient (Wildman–Crippen LogP) is 1.87. The molecule has 0 spiro atoms. The maximum atomic E-state index is 11.8. The first kappa shape index (κ1) is 13.7. The highest BCUT2D eigenvalue weighted by molar-refractivity contribution is 4.68. The van der Waals surface area contributed by atoms with Crippen molar-refractivity contribution >= 4 is 0 Å². The number of halogens is 3. The van der Waals surface area contributed by atoms with Gasteiger partial charge in [0.1, 0.15) is 0 Å². The van der Waals surface area contributed by atoms with E-state index >= 15 is 0 Å². The Bertz CT molecular complexity index is 145. The molecular weight excluding hydrogens is 193 g/mol. The molecule has 1 unspecified atom stereocenters. The van der Waals surface area contributed by atoms with Gasteiger partial charge in [0.2, 0.25) is 0 Å². The Morgan fingerprint density at radius 2 is 1.86 bits per heavy atom. The Morgan fingerprint density at radius 1 is 1.29 bits per heavy atom. The van der Waals surface area contributed by atoms with Gasteiger partial charge in [0, 0.05) is 19.0 Å². The highest BCUT2D eigenvalue weighted by atomic mass is 19.4. The summed E-state index contributed by atoms with van der Waals surface area (Å²) < 4.78 is 35.5. The van der Waals surface area contributed by atoms with Crippen LogP contribution in [0, 0.1) is 0 Å². The fourth-order valence-electron chi connectivity index (χ4n) is 1.32. The molecular formula is C9H19F3N2. The Kier molecular flexibility index (Phi) is 6.11. The summed E-state index contributed by atoms with van der Waals surface area (Å²) in [5.41, 5.74) is 0. The fourth-order valence-corrected chi connectivity index (χ4v) is 1.32. The highest BCUT2D eigenvalue weighted by Crippen LogP contribution is 2.22. The monoisotopic (exact) mass is 212 g/mol. The van der Waals surface area contributed by atoms with Crippen LogP contribution in [0.5, 0.6) is 0 Å². The highest BCUT2D eigenvalue weighted by Gasteiger charge is 2.26. The Morgan fingerprint density at radius 3 is 2.21 bits per heavy atom. The van der Waals surface area contributed by atoms with Crippen LogP contribution in [0.3, 0.4) is 0 Å². The van der Waals surface area contributed by atoms with E-state index in [1.165, 1.54) is 0 Å². The third-order valence-electron chi connectivity index (χ3n) is 2.01. The van der Waals surface area contributed by atoms with Gasteiger partial charge in [0.15, 0.2) is 0 Å². The second-order valence-corrected chi connectivity index (χ2v) is 3.76. The summed E-state index contributed by atoms with van der Waals surface area (Å²) in [6.45, 7) is 0.772. The first-order valence-corrected chi connectivity index (χ1v) is 4.74. The molecule has 0 amide bonds. The molecule has 0 aromatic rings. The van der Waals surface area contributed by atoms with Crippen LogP contribution >= 0.6 is 0 Å². The minimum Gasteiger partial charge on any atom is -0.316 e. The molecule has 0 aliphatic rings. The van der Waals surface area contributed by atoms with Crippen molar-refractivity contribution in [2.24, 2.45) is 0 Å². The minimum absolute atomic E-state index is 0.146. The molecule has 0 rings (SSSR count). The van der Waals surface area contributed by atoms with E-state index in [1.54, 1.807) is 7.05 Å². The molecule has 0 aliphatic heterocycles. The van der Waals surface area contributed by atoms with Crippen molar-refractivity contribution in [3.63, 3.8) is 0 Å². The van der Waals surface area contributed by atoms with Crippen molar-refractivity contribution in [3.8, 4) is 0 Å². The number of hydrogen-bond donors (Lipinski definition) is 1. The first-order valence-electron chi connectivity index (χ1n) is 4.74. The van der Waals surface area contributed by atoms with E-state index in [-0.39, 0.29) is 12.5 Å². The van der Waals surface area contributed by atoms with Crippen molar-refractivity contribution in [2.45, 2.75) is 31.5 Å². The number of hydrogen-bond acceptors (Lipinski definition) is 2. The lowest BCUT2D eigenvalue weighted by atomic mass is 10.1. The maximum absolute atomic E-state index is 11.8. The van der Waals surface area contributed by atoms with Gasteiger partial charge in [-0.15, -0.1) is 0 Å². The van der Waals surface area contributed by atoms with Gasteiger partial charge in [0.25, 0.3) is 0 Å². The van der Waals surface area contributed by atoms with Crippen LogP contribution in [0.4, 0.5) is 13.2 Å². The number of nitrogens with zero attached hydrogens (tertiary/aromatic N) is 1. The van der Waals surface area contributed by atoms with Crippen LogP contribution in [0.1, 0.15) is 19.3 Å². The second kappa shape index (κ2) is 6.24. The first-order chi connectivity index (χ1) is 6.35. The van der Waals surface area contributed by atoms with Gasteiger partial charge in [-0.05, 0) is 34.0 Å². The SMILES string of the molecule is CNC(CCCC(F)(F)F)CN(C)C. The maximum Gasteiger partial charge on any atom is 0.389 e. The van der Waals surface area contributed by atoms with Crippen LogP contribution in [-0.4, -0.2) is 44.8 Å². The summed E-state index contributed by atoms with van der Waals surface area (Å²) in [5, 5.41) is 3.01. The number of rotatable bonds is 6. The summed E-state index contributed by atoms with van der Waals surface area (Å²) >= 11 is 0. The van der Waals surface area contributed by atoms with Crippen LogP contribution in [0.2, 0.25) is 0 Å². The summed E-state index contributed by atoms with van der Waals surface area (Å²) in [5.74, 6) is 0. The molecule has 0 radical (unpaired) electrons. The molecule has 0 saturated heterocycles. The normalized spacial score (nSPS) is 14.8. The van der Waals surface area contributed by atoms with Crippen molar-refractivity contribution in [1.29, 1.82) is 0 Å². The van der Waals surface area contributed by atoms with Crippen LogP contribution in [0.25, 0.3) is 0 Å². The Labute approximate surface area is 83.5 Å². The smallest absolute Gasteiger partial charge is 0.316 e. The molecule has 0 aromatic carbocycles. The van der Waals surface area contributed by atoms with Gasteiger partial charge in [-0.3, -0.25) is 0 Å². The third-order valence-corrected chi connectivity index (χ3v) is 2.01. The van der Waals surface area contributed by atoms with Crippen molar-refractivity contribution < 1.29 is 13.2 Å². The number of likely N-dealkylation sites (N-methyl/N-ethyl adjacent to an activating group) is 2. The van der Waals surface area contributed by atoms with Crippen molar-refractivity contribution in [1.82, 2.24) is 10.2 Å². The van der Waals surface area contributed by atoms with E-state index in [1.807, 2.05) is 19.0 Å². The summed E-state index contributed by atoms with van der Waals surface area (Å²) in [6, 6.07) is 0.146. The Balaban J connectivity index is 3.63. The molecule has 0 aromatic heterocycles. The number of alkyl halides is 3. The van der Waals surface area contributed by atoms with Gasteiger partial charge in [-0.1, -0.05) is 0 Å². The molecule has 14 heavy (non-hydrogen) atoms. The van der Waals surface area contributed by atoms with Gasteiger partial charge >= 0.3 is 6.18 Å². The zero-order valence-corrected chi connectivity index (χ0v) is 8.99. The average molecular weight is 212 g/mol. The zero-order valence-electron chi connectivity index (χ0n) is 8.99. The van der Waals surface area contributed by atoms with E-state index in [0.717, 1.165) is 6.54 Å². The van der Waals surface area contributed by atoms with E-state index in [4.69, 9.17) is 0 Å². The quantitative estimate of drug-likeness (QED) is 0.723. The van der Waals surface area contributed by atoms with Gasteiger partial charge in [0.05, 0.1) is 0 Å². The van der Waals surface area contributed by atoms with E-state index in [2.05, 4.69) is 5.32 Å². The standard InChI is InChI=1S/C9H19F3N2/c1-13-8(7-14(2)3)5-4-6-9(10,11)12/h8,13H,4-7H2,1-3H3. The summed E-state index contributed by atoms with van der Waals surface area (Å²) in [7, 11) is 5.60. The van der Waals surface area contributed by atoms with E-state index in [0.29, 0.717) is 6.42 Å². The molecule has 1 N–H and O–H groups in total. The lowest BCUT2D eigenvalue weighted by molar-refractivity contribution is -0.135. The number of nitrogens with one attached hydrogen (secondary N) is 1. The lowest BCUT2D eigenvalue weighted by Gasteiger charge is -2.20.